The molecule has 0 aliphatic carbocycles. The second-order valence-corrected chi connectivity index (χ2v) is 2.01. The normalized spacial score (nSPS) is 8.40. The molecule has 0 aliphatic heterocycles. The zero-order chi connectivity index (χ0) is 8.31. The maximum atomic E-state index is 5.32. The lowest BCUT2D eigenvalue weighted by Gasteiger charge is -2.06. The van der Waals surface area contributed by atoms with Gasteiger partial charge < -0.3 is 11.5 Å². The zero-order valence-corrected chi connectivity index (χ0v) is 5.98. The molecule has 0 radical (unpaired) electrons. The van der Waals surface area contributed by atoms with Crippen LogP contribution in [-0.2, 0) is 0 Å². The fourth-order valence-corrected chi connectivity index (χ4v) is 0.388. The van der Waals surface area contributed by atoms with Crippen molar-refractivity contribution >= 4 is 0 Å². The quantitative estimate of drug-likeness (QED) is 0.569. The summed E-state index contributed by atoms with van der Waals surface area (Å²) in [7, 11) is 0. The van der Waals surface area contributed by atoms with Crippen LogP contribution in [-0.4, -0.2) is 0 Å². The molecule has 0 bridgehead atoms. The summed E-state index contributed by atoms with van der Waals surface area (Å²) in [6.45, 7) is 14.2. The second kappa shape index (κ2) is 2.92. The van der Waals surface area contributed by atoms with E-state index in [0.717, 1.165) is 0 Å². The van der Waals surface area contributed by atoms with Crippen molar-refractivity contribution in [3.8, 4) is 0 Å². The maximum absolute atomic E-state index is 5.32. The second-order valence-electron chi connectivity index (χ2n) is 2.01. The number of rotatable bonds is 3. The Kier molecular flexibility index (Phi) is 2.50. The van der Waals surface area contributed by atoms with E-state index in [2.05, 4.69) is 26.3 Å². The summed E-state index contributed by atoms with van der Waals surface area (Å²) in [6.07, 6.45) is 0. The van der Waals surface area contributed by atoms with Crippen molar-refractivity contribution in [3.63, 3.8) is 0 Å². The van der Waals surface area contributed by atoms with Crippen LogP contribution in [0, 0.1) is 0 Å². The molecule has 0 spiro atoms. The van der Waals surface area contributed by atoms with Crippen molar-refractivity contribution in [2.45, 2.75) is 0 Å². The summed E-state index contributed by atoms with van der Waals surface area (Å²) in [5.74, 6) is 0. The Hall–Kier alpha value is -1.44. The minimum atomic E-state index is 0.372. The largest absolute Gasteiger partial charge is 0.399 e. The van der Waals surface area contributed by atoms with E-state index in [4.69, 9.17) is 11.5 Å². The number of hydrogen-bond acceptors (Lipinski definition) is 2. The van der Waals surface area contributed by atoms with E-state index in [0.29, 0.717) is 22.5 Å². The molecular formula is C8H12N2. The predicted molar refractivity (Wildman–Crippen MR) is 44.9 cm³/mol. The molecule has 0 atom stereocenters. The minimum Gasteiger partial charge on any atom is -0.399 e. The molecule has 0 aromatic rings. The van der Waals surface area contributed by atoms with Crippen molar-refractivity contribution in [1.82, 2.24) is 0 Å². The molecule has 0 aliphatic rings. The third-order valence-electron chi connectivity index (χ3n) is 1.14. The highest BCUT2D eigenvalue weighted by Crippen LogP contribution is 2.13. The van der Waals surface area contributed by atoms with Crippen LogP contribution in [0.5, 0.6) is 0 Å². The minimum absolute atomic E-state index is 0.372. The van der Waals surface area contributed by atoms with Gasteiger partial charge in [-0.05, 0) is 11.1 Å². The van der Waals surface area contributed by atoms with Gasteiger partial charge in [-0.3, -0.25) is 0 Å². The Labute approximate surface area is 61.2 Å². The fraction of sp³-hybridized carbons (Fsp3) is 0. The molecule has 54 valence electrons. The lowest BCUT2D eigenvalue weighted by Crippen LogP contribution is -2.05. The van der Waals surface area contributed by atoms with E-state index in [-0.39, 0.29) is 0 Å². The van der Waals surface area contributed by atoms with Crippen LogP contribution in [0.1, 0.15) is 0 Å². The van der Waals surface area contributed by atoms with E-state index in [9.17, 15) is 0 Å². The molecule has 10 heavy (non-hydrogen) atoms. The molecule has 0 saturated carbocycles. The first kappa shape index (κ1) is 8.56. The third-order valence-corrected chi connectivity index (χ3v) is 1.14. The van der Waals surface area contributed by atoms with E-state index in [1.807, 2.05) is 0 Å². The van der Waals surface area contributed by atoms with E-state index in [1.54, 1.807) is 0 Å². The molecule has 0 aromatic heterocycles. The summed E-state index contributed by atoms with van der Waals surface area (Å²) < 4.78 is 0. The topological polar surface area (TPSA) is 52.0 Å². The van der Waals surface area contributed by atoms with Crippen LogP contribution in [0.3, 0.4) is 0 Å². The maximum Gasteiger partial charge on any atom is 0.0315 e. The van der Waals surface area contributed by atoms with Gasteiger partial charge in [0, 0.05) is 11.4 Å². The Balaban J connectivity index is 4.39. The first-order chi connectivity index (χ1) is 4.46. The molecular weight excluding hydrogens is 124 g/mol. The number of nitrogens with two attached hydrogens (primary N) is 2. The lowest BCUT2D eigenvalue weighted by molar-refractivity contribution is 1.28. The highest BCUT2D eigenvalue weighted by atomic mass is 14.6. The lowest BCUT2D eigenvalue weighted by atomic mass is 10.1. The van der Waals surface area contributed by atoms with Gasteiger partial charge in [0.15, 0.2) is 0 Å². The first-order valence-corrected chi connectivity index (χ1v) is 2.74. The highest BCUT2D eigenvalue weighted by Gasteiger charge is 2.00. The highest BCUT2D eigenvalue weighted by molar-refractivity contribution is 5.48. The Bertz CT molecular complexity index is 187. The van der Waals surface area contributed by atoms with Gasteiger partial charge in [-0.25, -0.2) is 0 Å². The summed E-state index contributed by atoms with van der Waals surface area (Å²) in [4.78, 5) is 0. The average molecular weight is 136 g/mol. The smallest absolute Gasteiger partial charge is 0.0315 e. The Morgan fingerprint density at radius 1 is 0.700 bits per heavy atom. The van der Waals surface area contributed by atoms with Crippen LogP contribution in [0.2, 0.25) is 0 Å². The molecule has 0 unspecified atom stereocenters. The van der Waals surface area contributed by atoms with Gasteiger partial charge in [-0.2, -0.15) is 0 Å². The van der Waals surface area contributed by atoms with Gasteiger partial charge in [0.05, 0.1) is 0 Å². The molecule has 2 heteroatoms. The average Bonchev–Trinajstić information content (AvgIpc) is 1.84. The van der Waals surface area contributed by atoms with Crippen molar-refractivity contribution < 1.29 is 0 Å². The van der Waals surface area contributed by atoms with Crippen LogP contribution < -0.4 is 11.5 Å². The van der Waals surface area contributed by atoms with Crippen LogP contribution in [0.15, 0.2) is 48.9 Å². The van der Waals surface area contributed by atoms with Crippen molar-refractivity contribution in [2.75, 3.05) is 0 Å². The third kappa shape index (κ3) is 1.82. The van der Waals surface area contributed by atoms with Gasteiger partial charge >= 0.3 is 0 Å². The van der Waals surface area contributed by atoms with Crippen molar-refractivity contribution in [3.05, 3.63) is 48.9 Å². The van der Waals surface area contributed by atoms with Crippen molar-refractivity contribution in [1.29, 1.82) is 0 Å². The first-order valence-electron chi connectivity index (χ1n) is 2.74. The molecule has 0 amide bonds. The van der Waals surface area contributed by atoms with Crippen LogP contribution in [0.4, 0.5) is 0 Å². The summed E-state index contributed by atoms with van der Waals surface area (Å²) in [5, 5.41) is 0. The fourth-order valence-electron chi connectivity index (χ4n) is 0.388. The SMILES string of the molecule is C=C(N)C(=C)C(=C)C(=C)N. The zero-order valence-electron chi connectivity index (χ0n) is 5.98. The summed E-state index contributed by atoms with van der Waals surface area (Å²) in [6, 6.07) is 0. The van der Waals surface area contributed by atoms with Gasteiger partial charge in [0.1, 0.15) is 0 Å². The molecule has 0 fully saturated rings. The van der Waals surface area contributed by atoms with Crippen LogP contribution in [0.25, 0.3) is 0 Å². The monoisotopic (exact) mass is 136 g/mol. The van der Waals surface area contributed by atoms with Gasteiger partial charge in [0.2, 0.25) is 0 Å². The number of allylic oxidation sites excluding steroid dienone is 2. The van der Waals surface area contributed by atoms with E-state index >= 15 is 0 Å². The molecule has 0 aromatic carbocycles. The Morgan fingerprint density at radius 3 is 1.00 bits per heavy atom. The molecule has 2 nitrogen and oxygen atoms in total. The van der Waals surface area contributed by atoms with Crippen LogP contribution >= 0.6 is 0 Å². The molecule has 0 rings (SSSR count). The van der Waals surface area contributed by atoms with E-state index in [1.165, 1.54) is 0 Å². The summed E-state index contributed by atoms with van der Waals surface area (Å²) in [5.41, 5.74) is 12.5. The van der Waals surface area contributed by atoms with Crippen molar-refractivity contribution in [2.24, 2.45) is 11.5 Å². The standard InChI is InChI=1S/C8H12N2/c1-5(7(3)9)6(2)8(4)10/h1-4,9-10H2. The molecule has 0 heterocycles. The molecule has 4 N–H and O–H groups in total. The summed E-state index contributed by atoms with van der Waals surface area (Å²) >= 11 is 0. The number of hydrogen-bond donors (Lipinski definition) is 2. The van der Waals surface area contributed by atoms with E-state index < -0.39 is 0 Å². The predicted octanol–water partition coefficient (Wildman–Crippen LogP) is 1.04. The van der Waals surface area contributed by atoms with Gasteiger partial charge in [-0.1, -0.05) is 26.3 Å². The van der Waals surface area contributed by atoms with Gasteiger partial charge in [0.25, 0.3) is 0 Å². The molecule has 0 saturated heterocycles. The van der Waals surface area contributed by atoms with Gasteiger partial charge in [-0.15, -0.1) is 0 Å². The Morgan fingerprint density at radius 2 is 0.900 bits per heavy atom.